The van der Waals surface area contributed by atoms with Gasteiger partial charge in [-0.05, 0) is 13.0 Å². The normalized spacial score (nSPS) is 11.1. The van der Waals surface area contributed by atoms with Crippen LogP contribution in [0.25, 0.3) is 22.3 Å². The molecule has 0 atom stereocenters. The van der Waals surface area contributed by atoms with Gasteiger partial charge in [-0.25, -0.2) is 4.98 Å². The number of nitrogens with one attached hydrogen (secondary N) is 1. The van der Waals surface area contributed by atoms with E-state index in [1.54, 1.807) is 12.5 Å². The van der Waals surface area contributed by atoms with E-state index in [1.165, 1.54) is 0 Å². The van der Waals surface area contributed by atoms with E-state index in [0.717, 1.165) is 28.0 Å². The fraction of sp³-hybridized carbons (Fsp3) is 0.182. The van der Waals surface area contributed by atoms with Gasteiger partial charge in [-0.1, -0.05) is 0 Å². The molecule has 0 radical (unpaired) electrons. The first kappa shape index (κ1) is 9.08. The van der Waals surface area contributed by atoms with Crippen LogP contribution in [-0.2, 0) is 7.05 Å². The van der Waals surface area contributed by atoms with Gasteiger partial charge < -0.3 is 4.98 Å². The monoisotopic (exact) mass is 213 g/mol. The summed E-state index contributed by atoms with van der Waals surface area (Å²) in [7, 11) is 1.91. The molecule has 3 rings (SSSR count). The highest BCUT2D eigenvalue weighted by Crippen LogP contribution is 2.22. The van der Waals surface area contributed by atoms with Crippen LogP contribution in [0, 0.1) is 6.92 Å². The van der Waals surface area contributed by atoms with E-state index < -0.39 is 0 Å². The van der Waals surface area contributed by atoms with Crippen molar-refractivity contribution in [2.75, 3.05) is 0 Å². The molecule has 0 saturated carbocycles. The Morgan fingerprint density at radius 3 is 2.88 bits per heavy atom. The van der Waals surface area contributed by atoms with Crippen molar-refractivity contribution in [2.24, 2.45) is 7.05 Å². The molecule has 0 aliphatic heterocycles. The molecule has 0 aromatic carbocycles. The minimum Gasteiger partial charge on any atom is -0.348 e. The first-order chi connectivity index (χ1) is 7.75. The molecule has 5 nitrogen and oxygen atoms in total. The Morgan fingerprint density at radius 1 is 1.25 bits per heavy atom. The molecule has 0 aliphatic carbocycles. The van der Waals surface area contributed by atoms with Gasteiger partial charge in [0.1, 0.15) is 5.52 Å². The van der Waals surface area contributed by atoms with Crippen LogP contribution < -0.4 is 0 Å². The van der Waals surface area contributed by atoms with Gasteiger partial charge in [0.25, 0.3) is 0 Å². The lowest BCUT2D eigenvalue weighted by molar-refractivity contribution is 0.797. The van der Waals surface area contributed by atoms with Crippen molar-refractivity contribution < 1.29 is 0 Å². The Bertz CT molecular complexity index is 649. The van der Waals surface area contributed by atoms with Crippen LogP contribution in [0.4, 0.5) is 0 Å². The zero-order valence-corrected chi connectivity index (χ0v) is 9.10. The number of rotatable bonds is 1. The van der Waals surface area contributed by atoms with Gasteiger partial charge >= 0.3 is 0 Å². The lowest BCUT2D eigenvalue weighted by atomic mass is 10.1. The predicted molar refractivity (Wildman–Crippen MR) is 60.8 cm³/mol. The number of aryl methyl sites for hydroxylation is 2. The molecule has 1 N–H and O–H groups in total. The summed E-state index contributed by atoms with van der Waals surface area (Å²) in [5.74, 6) is 0. The number of hydrogen-bond acceptors (Lipinski definition) is 3. The van der Waals surface area contributed by atoms with Crippen LogP contribution >= 0.6 is 0 Å². The standard InChI is InChI=1S/C11H11N5/c1-7-11(14-6-13-7)8-3-10-9(12-4-8)5-15-16(10)2/h3-6H,1-2H3,(H,13,14). The van der Waals surface area contributed by atoms with E-state index in [1.807, 2.05) is 24.9 Å². The molecule has 3 aromatic heterocycles. The second-order valence-electron chi connectivity index (χ2n) is 3.77. The van der Waals surface area contributed by atoms with Crippen LogP contribution in [0.1, 0.15) is 5.69 Å². The number of aromatic nitrogens is 5. The van der Waals surface area contributed by atoms with Crippen LogP contribution in [0.3, 0.4) is 0 Å². The van der Waals surface area contributed by atoms with E-state index in [9.17, 15) is 0 Å². The Balaban J connectivity index is 2.25. The molecule has 5 heteroatoms. The maximum atomic E-state index is 4.36. The topological polar surface area (TPSA) is 59.4 Å². The number of aromatic amines is 1. The molecule has 0 amide bonds. The lowest BCUT2D eigenvalue weighted by Crippen LogP contribution is -1.90. The van der Waals surface area contributed by atoms with E-state index in [0.29, 0.717) is 0 Å². The number of pyridine rings is 1. The van der Waals surface area contributed by atoms with Gasteiger partial charge in [0, 0.05) is 24.5 Å². The van der Waals surface area contributed by atoms with Crippen molar-refractivity contribution in [3.05, 3.63) is 30.5 Å². The predicted octanol–water partition coefficient (Wildman–Crippen LogP) is 1.67. The highest BCUT2D eigenvalue weighted by Gasteiger charge is 2.07. The zero-order valence-electron chi connectivity index (χ0n) is 9.10. The largest absolute Gasteiger partial charge is 0.348 e. The molecular formula is C11H11N5. The van der Waals surface area contributed by atoms with Crippen LogP contribution in [0.15, 0.2) is 24.8 Å². The Morgan fingerprint density at radius 2 is 2.12 bits per heavy atom. The summed E-state index contributed by atoms with van der Waals surface area (Å²) in [5.41, 5.74) is 4.91. The maximum absolute atomic E-state index is 4.36. The van der Waals surface area contributed by atoms with Gasteiger partial charge in [0.15, 0.2) is 0 Å². The number of H-pyrrole nitrogens is 1. The first-order valence-electron chi connectivity index (χ1n) is 5.04. The van der Waals surface area contributed by atoms with Gasteiger partial charge in [-0.3, -0.25) is 9.67 Å². The Hall–Kier alpha value is -2.17. The average molecular weight is 213 g/mol. The molecule has 3 heterocycles. The average Bonchev–Trinajstić information content (AvgIpc) is 2.86. The quantitative estimate of drug-likeness (QED) is 0.668. The van der Waals surface area contributed by atoms with Crippen LogP contribution in [-0.4, -0.2) is 24.7 Å². The van der Waals surface area contributed by atoms with Crippen molar-refractivity contribution in [3.8, 4) is 11.3 Å². The Kier molecular flexibility index (Phi) is 1.80. The smallest absolute Gasteiger partial charge is 0.108 e. The maximum Gasteiger partial charge on any atom is 0.108 e. The van der Waals surface area contributed by atoms with E-state index in [-0.39, 0.29) is 0 Å². The number of fused-ring (bicyclic) bond motifs is 1. The molecule has 0 spiro atoms. The minimum atomic E-state index is 0.902. The second-order valence-corrected chi connectivity index (χ2v) is 3.77. The second kappa shape index (κ2) is 3.16. The van der Waals surface area contributed by atoms with Gasteiger partial charge in [0.05, 0.1) is 23.7 Å². The van der Waals surface area contributed by atoms with Gasteiger partial charge in [0.2, 0.25) is 0 Å². The highest BCUT2D eigenvalue weighted by molar-refractivity contribution is 5.79. The Labute approximate surface area is 92.2 Å². The zero-order chi connectivity index (χ0) is 11.1. The fourth-order valence-corrected chi connectivity index (χ4v) is 1.81. The fourth-order valence-electron chi connectivity index (χ4n) is 1.81. The summed E-state index contributed by atoms with van der Waals surface area (Å²) in [6.07, 6.45) is 5.28. The highest BCUT2D eigenvalue weighted by atomic mass is 15.3. The molecule has 80 valence electrons. The first-order valence-corrected chi connectivity index (χ1v) is 5.04. The number of nitrogens with zero attached hydrogens (tertiary/aromatic N) is 4. The molecule has 16 heavy (non-hydrogen) atoms. The summed E-state index contributed by atoms with van der Waals surface area (Å²) in [4.78, 5) is 11.7. The molecule has 3 aromatic rings. The molecule has 0 bridgehead atoms. The third-order valence-corrected chi connectivity index (χ3v) is 2.70. The van der Waals surface area contributed by atoms with Crippen molar-refractivity contribution in [3.63, 3.8) is 0 Å². The van der Waals surface area contributed by atoms with Crippen LogP contribution in [0.5, 0.6) is 0 Å². The summed E-state index contributed by atoms with van der Waals surface area (Å²) in [6.45, 7) is 2.00. The SMILES string of the molecule is Cc1[nH]cnc1-c1cnc2cnn(C)c2c1. The van der Waals surface area contributed by atoms with E-state index >= 15 is 0 Å². The van der Waals surface area contributed by atoms with Crippen molar-refractivity contribution in [2.45, 2.75) is 6.92 Å². The number of hydrogen-bond donors (Lipinski definition) is 1. The summed E-state index contributed by atoms with van der Waals surface area (Å²) >= 11 is 0. The molecule has 0 fully saturated rings. The summed E-state index contributed by atoms with van der Waals surface area (Å²) in [6, 6.07) is 2.05. The molecule has 0 unspecified atom stereocenters. The minimum absolute atomic E-state index is 0.902. The van der Waals surface area contributed by atoms with E-state index in [2.05, 4.69) is 26.1 Å². The third-order valence-electron chi connectivity index (χ3n) is 2.70. The van der Waals surface area contributed by atoms with Crippen molar-refractivity contribution in [1.29, 1.82) is 0 Å². The lowest BCUT2D eigenvalue weighted by Gasteiger charge is -1.99. The summed E-state index contributed by atoms with van der Waals surface area (Å²) in [5, 5.41) is 4.17. The number of imidazole rings is 1. The van der Waals surface area contributed by atoms with Crippen LogP contribution in [0.2, 0.25) is 0 Å². The molecule has 0 saturated heterocycles. The molecule has 0 aliphatic rings. The van der Waals surface area contributed by atoms with Crippen molar-refractivity contribution in [1.82, 2.24) is 24.7 Å². The summed E-state index contributed by atoms with van der Waals surface area (Å²) < 4.78 is 1.81. The van der Waals surface area contributed by atoms with Crippen molar-refractivity contribution >= 4 is 11.0 Å². The van der Waals surface area contributed by atoms with E-state index in [4.69, 9.17) is 0 Å². The molecular weight excluding hydrogens is 202 g/mol. The van der Waals surface area contributed by atoms with Gasteiger partial charge in [-0.2, -0.15) is 5.10 Å². The third kappa shape index (κ3) is 1.21. The van der Waals surface area contributed by atoms with Gasteiger partial charge in [-0.15, -0.1) is 0 Å².